The number of nitro benzene ring substituents is 1. The fourth-order valence-corrected chi connectivity index (χ4v) is 3.35. The van der Waals surface area contributed by atoms with Crippen LogP contribution in [0.4, 0.5) is 17.1 Å². The van der Waals surface area contributed by atoms with Gasteiger partial charge in [0.25, 0.3) is 5.69 Å². The van der Waals surface area contributed by atoms with Crippen molar-refractivity contribution in [2.75, 3.05) is 37.8 Å². The molecule has 30 heavy (non-hydrogen) atoms. The molecule has 0 bridgehead atoms. The molecule has 0 aliphatic rings. The summed E-state index contributed by atoms with van der Waals surface area (Å²) in [7, 11) is 4.09. The van der Waals surface area contributed by atoms with Crippen LogP contribution in [0.15, 0.2) is 78.9 Å². The highest BCUT2D eigenvalue weighted by Gasteiger charge is 2.20. The summed E-state index contributed by atoms with van der Waals surface area (Å²) in [4.78, 5) is 13.5. The molecule has 0 unspecified atom stereocenters. The largest absolute Gasteiger partial charge is 0.385 e. The van der Waals surface area contributed by atoms with Gasteiger partial charge in [-0.25, -0.2) is 0 Å². The number of nitro groups is 1. The summed E-state index contributed by atoms with van der Waals surface area (Å²) >= 11 is 0. The summed E-state index contributed by atoms with van der Waals surface area (Å²) in [5.41, 5.74) is 3.51. The Bertz CT molecular complexity index is 906. The van der Waals surface area contributed by atoms with Crippen LogP contribution in [-0.4, -0.2) is 37.0 Å². The molecule has 0 radical (unpaired) electrons. The quantitative estimate of drug-likeness (QED) is 0.277. The molecule has 6 nitrogen and oxygen atoms in total. The number of benzene rings is 3. The first-order chi connectivity index (χ1) is 14.5. The molecule has 0 aliphatic heterocycles. The Morgan fingerprint density at radius 1 is 0.933 bits per heavy atom. The third-order valence-corrected chi connectivity index (χ3v) is 4.87. The highest BCUT2D eigenvalue weighted by molar-refractivity contribution is 5.69. The Hall–Kier alpha value is -3.38. The first-order valence-electron chi connectivity index (χ1n) is 10.1. The lowest BCUT2D eigenvalue weighted by Crippen LogP contribution is -2.16. The SMILES string of the molecule is CN(C)CCCNc1ccc([N+](=O)[O-])c(NC(c2ccccc2)c2ccccc2)c1. The molecule has 0 spiro atoms. The second-order valence-electron chi connectivity index (χ2n) is 7.47. The molecule has 156 valence electrons. The van der Waals surface area contributed by atoms with E-state index in [-0.39, 0.29) is 16.7 Å². The third-order valence-electron chi connectivity index (χ3n) is 4.87. The van der Waals surface area contributed by atoms with Gasteiger partial charge in [0.2, 0.25) is 0 Å². The highest BCUT2D eigenvalue weighted by Crippen LogP contribution is 2.33. The van der Waals surface area contributed by atoms with Crippen LogP contribution in [-0.2, 0) is 0 Å². The van der Waals surface area contributed by atoms with E-state index in [0.717, 1.165) is 36.3 Å². The maximum atomic E-state index is 11.7. The van der Waals surface area contributed by atoms with Crippen LogP contribution in [0.3, 0.4) is 0 Å². The topological polar surface area (TPSA) is 70.4 Å². The van der Waals surface area contributed by atoms with Crippen molar-refractivity contribution in [2.24, 2.45) is 0 Å². The van der Waals surface area contributed by atoms with Crippen molar-refractivity contribution in [2.45, 2.75) is 12.5 Å². The van der Waals surface area contributed by atoms with Crippen molar-refractivity contribution in [1.29, 1.82) is 0 Å². The zero-order chi connectivity index (χ0) is 21.3. The van der Waals surface area contributed by atoms with Crippen LogP contribution in [0.2, 0.25) is 0 Å². The monoisotopic (exact) mass is 404 g/mol. The Balaban J connectivity index is 1.89. The third kappa shape index (κ3) is 5.81. The van der Waals surface area contributed by atoms with Crippen molar-refractivity contribution in [1.82, 2.24) is 4.90 Å². The lowest BCUT2D eigenvalue weighted by Gasteiger charge is -2.21. The molecule has 0 aliphatic carbocycles. The first-order valence-corrected chi connectivity index (χ1v) is 10.1. The summed E-state index contributed by atoms with van der Waals surface area (Å²) in [6.45, 7) is 1.78. The summed E-state index contributed by atoms with van der Waals surface area (Å²) in [5.74, 6) is 0. The average molecular weight is 405 g/mol. The fourth-order valence-electron chi connectivity index (χ4n) is 3.35. The molecule has 0 atom stereocenters. The molecule has 0 saturated heterocycles. The predicted molar refractivity (Wildman–Crippen MR) is 123 cm³/mol. The van der Waals surface area contributed by atoms with Gasteiger partial charge in [0, 0.05) is 18.3 Å². The molecule has 0 amide bonds. The summed E-state index contributed by atoms with van der Waals surface area (Å²) in [6.07, 6.45) is 0.989. The van der Waals surface area contributed by atoms with Gasteiger partial charge in [-0.2, -0.15) is 0 Å². The standard InChI is InChI=1S/C24H28N4O2/c1-27(2)17-9-16-25-21-14-15-23(28(29)30)22(18-21)26-24(19-10-5-3-6-11-19)20-12-7-4-8-13-20/h3-8,10-15,18,24-26H,9,16-17H2,1-2H3. The highest BCUT2D eigenvalue weighted by atomic mass is 16.6. The number of hydrogen-bond acceptors (Lipinski definition) is 5. The van der Waals surface area contributed by atoms with Gasteiger partial charge in [0.05, 0.1) is 11.0 Å². The normalized spacial score (nSPS) is 10.9. The molecular formula is C24H28N4O2. The molecule has 3 aromatic carbocycles. The number of nitrogens with one attached hydrogen (secondary N) is 2. The van der Waals surface area contributed by atoms with Gasteiger partial charge in [-0.15, -0.1) is 0 Å². The lowest BCUT2D eigenvalue weighted by atomic mass is 9.98. The van der Waals surface area contributed by atoms with Crippen LogP contribution in [0, 0.1) is 10.1 Å². The van der Waals surface area contributed by atoms with Crippen molar-refractivity contribution in [3.63, 3.8) is 0 Å². The molecule has 3 rings (SSSR count). The second kappa shape index (κ2) is 10.4. The van der Waals surface area contributed by atoms with Gasteiger partial charge in [-0.05, 0) is 50.3 Å². The van der Waals surface area contributed by atoms with Gasteiger partial charge < -0.3 is 15.5 Å². The van der Waals surface area contributed by atoms with Crippen molar-refractivity contribution < 1.29 is 4.92 Å². The Kier molecular flexibility index (Phi) is 7.40. The van der Waals surface area contributed by atoms with Crippen molar-refractivity contribution >= 4 is 17.1 Å². The first kappa shape index (κ1) is 21.3. The maximum absolute atomic E-state index is 11.7. The zero-order valence-corrected chi connectivity index (χ0v) is 17.4. The Labute approximate surface area is 177 Å². The molecule has 2 N–H and O–H groups in total. The molecule has 0 aromatic heterocycles. The van der Waals surface area contributed by atoms with E-state index in [2.05, 4.69) is 15.5 Å². The maximum Gasteiger partial charge on any atom is 0.292 e. The average Bonchev–Trinajstić information content (AvgIpc) is 2.76. The van der Waals surface area contributed by atoms with Crippen LogP contribution in [0.25, 0.3) is 0 Å². The zero-order valence-electron chi connectivity index (χ0n) is 17.4. The van der Waals surface area contributed by atoms with Crippen molar-refractivity contribution in [3.05, 3.63) is 100 Å². The van der Waals surface area contributed by atoms with Gasteiger partial charge in [0.1, 0.15) is 5.69 Å². The second-order valence-corrected chi connectivity index (χ2v) is 7.47. The number of anilines is 2. The molecule has 0 saturated carbocycles. The smallest absolute Gasteiger partial charge is 0.292 e. The van der Waals surface area contributed by atoms with E-state index in [0.29, 0.717) is 5.69 Å². The van der Waals surface area contributed by atoms with Crippen LogP contribution in [0.1, 0.15) is 23.6 Å². The minimum absolute atomic E-state index is 0.0608. The van der Waals surface area contributed by atoms with Gasteiger partial charge in [-0.3, -0.25) is 10.1 Å². The van der Waals surface area contributed by atoms with E-state index < -0.39 is 0 Å². The van der Waals surface area contributed by atoms with E-state index in [1.165, 1.54) is 0 Å². The van der Waals surface area contributed by atoms with E-state index >= 15 is 0 Å². The minimum Gasteiger partial charge on any atom is -0.385 e. The van der Waals surface area contributed by atoms with Crippen LogP contribution in [0.5, 0.6) is 0 Å². The minimum atomic E-state index is -0.342. The van der Waals surface area contributed by atoms with Crippen LogP contribution >= 0.6 is 0 Å². The van der Waals surface area contributed by atoms with Gasteiger partial charge >= 0.3 is 0 Å². The summed E-state index contributed by atoms with van der Waals surface area (Å²) in [6, 6.07) is 24.9. The van der Waals surface area contributed by atoms with Crippen LogP contribution < -0.4 is 10.6 Å². The number of rotatable bonds is 10. The van der Waals surface area contributed by atoms with E-state index in [9.17, 15) is 10.1 Å². The van der Waals surface area contributed by atoms with E-state index in [1.54, 1.807) is 12.1 Å². The van der Waals surface area contributed by atoms with E-state index in [1.807, 2.05) is 80.8 Å². The Morgan fingerprint density at radius 3 is 2.07 bits per heavy atom. The molecule has 0 fully saturated rings. The molecule has 3 aromatic rings. The number of nitrogens with zero attached hydrogens (tertiary/aromatic N) is 2. The predicted octanol–water partition coefficient (Wildman–Crippen LogP) is 5.16. The fraction of sp³-hybridized carbons (Fsp3) is 0.250. The van der Waals surface area contributed by atoms with E-state index in [4.69, 9.17) is 0 Å². The van der Waals surface area contributed by atoms with Crippen molar-refractivity contribution in [3.8, 4) is 0 Å². The Morgan fingerprint density at radius 2 is 1.53 bits per heavy atom. The molecule has 0 heterocycles. The van der Waals surface area contributed by atoms with Gasteiger partial charge in [0.15, 0.2) is 0 Å². The number of hydrogen-bond donors (Lipinski definition) is 2. The molecule has 6 heteroatoms. The molecular weight excluding hydrogens is 376 g/mol. The van der Waals surface area contributed by atoms with Gasteiger partial charge in [-0.1, -0.05) is 60.7 Å². The lowest BCUT2D eigenvalue weighted by molar-refractivity contribution is -0.384. The summed E-state index contributed by atoms with van der Waals surface area (Å²) in [5, 5.41) is 18.5. The summed E-state index contributed by atoms with van der Waals surface area (Å²) < 4.78 is 0.